The number of halogens is 1. The number of carbonyl (C=O) groups is 1. The van der Waals surface area contributed by atoms with Gasteiger partial charge in [0, 0.05) is 35.4 Å². The Balaban J connectivity index is 1.29. The lowest BCUT2D eigenvalue weighted by Gasteiger charge is -2.26. The summed E-state index contributed by atoms with van der Waals surface area (Å²) >= 11 is 0. The lowest BCUT2D eigenvalue weighted by molar-refractivity contribution is 0.0769. The molecule has 1 aliphatic heterocycles. The molecule has 0 radical (unpaired) electrons. The number of fused-ring (bicyclic) bond motifs is 2. The number of rotatable bonds is 4. The highest BCUT2D eigenvalue weighted by molar-refractivity contribution is 5.95. The van der Waals surface area contributed by atoms with E-state index in [9.17, 15) is 9.18 Å². The van der Waals surface area contributed by atoms with Crippen molar-refractivity contribution in [2.45, 2.75) is 18.3 Å². The smallest absolute Gasteiger partial charge is 0.253 e. The maximum absolute atomic E-state index is 13.5. The fraction of sp³-hybridized carbons (Fsp3) is 0.182. The molecule has 0 unspecified atom stereocenters. The van der Waals surface area contributed by atoms with E-state index in [1.807, 2.05) is 21.8 Å². The normalized spacial score (nSPS) is 21.5. The van der Waals surface area contributed by atoms with Crippen molar-refractivity contribution in [2.75, 3.05) is 13.1 Å². The topological polar surface area (TPSA) is 61.9 Å². The van der Waals surface area contributed by atoms with Gasteiger partial charge in [-0.15, -0.1) is 0 Å². The highest BCUT2D eigenvalue weighted by atomic mass is 19.1. The Hall–Kier alpha value is -4.76. The number of carbonyl (C=O) groups excluding carboxylic acids is 1. The van der Waals surface area contributed by atoms with Gasteiger partial charge in [-0.3, -0.25) is 4.79 Å². The Bertz CT molecular complexity index is 1770. The van der Waals surface area contributed by atoms with Crippen LogP contribution in [0.25, 0.3) is 16.6 Å². The van der Waals surface area contributed by atoms with Crippen LogP contribution < -0.4 is 0 Å². The summed E-state index contributed by atoms with van der Waals surface area (Å²) in [6.45, 7) is 3.45. The van der Waals surface area contributed by atoms with Crippen molar-refractivity contribution in [2.24, 2.45) is 5.92 Å². The summed E-state index contributed by atoms with van der Waals surface area (Å²) in [4.78, 5) is 15.5. The third-order valence-electron chi connectivity index (χ3n) is 8.57. The third kappa shape index (κ3) is 3.58. The van der Waals surface area contributed by atoms with Crippen LogP contribution in [0.2, 0.25) is 0 Å². The highest BCUT2D eigenvalue weighted by Crippen LogP contribution is 2.69. The SMILES string of the molecule is Cc1cc2c(cnn2-c2ccc(F)cc2)cc1[C@@]12CN(C(=O)c3ccc(C#N)cc3)C[C@@H]1[C@H]2c1ccccc1. The van der Waals surface area contributed by atoms with Crippen molar-refractivity contribution < 1.29 is 9.18 Å². The summed E-state index contributed by atoms with van der Waals surface area (Å²) < 4.78 is 15.4. The van der Waals surface area contributed by atoms with Gasteiger partial charge in [0.15, 0.2) is 0 Å². The van der Waals surface area contributed by atoms with Gasteiger partial charge in [0.2, 0.25) is 0 Å². The third-order valence-corrected chi connectivity index (χ3v) is 8.57. The molecule has 5 aromatic rings. The van der Waals surface area contributed by atoms with Crippen molar-refractivity contribution >= 4 is 16.8 Å². The summed E-state index contributed by atoms with van der Waals surface area (Å²) in [6.07, 6.45) is 1.86. The van der Waals surface area contributed by atoms with Gasteiger partial charge in [0.25, 0.3) is 5.91 Å². The van der Waals surface area contributed by atoms with Crippen LogP contribution >= 0.6 is 0 Å². The molecular formula is C33H25FN4O. The average Bonchev–Trinajstić information content (AvgIpc) is 3.23. The number of piperidine rings is 1. The molecule has 1 saturated heterocycles. The zero-order valence-electron chi connectivity index (χ0n) is 21.4. The van der Waals surface area contributed by atoms with Gasteiger partial charge in [-0.2, -0.15) is 10.4 Å². The van der Waals surface area contributed by atoms with Gasteiger partial charge in [0.1, 0.15) is 5.82 Å². The molecule has 190 valence electrons. The van der Waals surface area contributed by atoms with E-state index in [-0.39, 0.29) is 17.1 Å². The van der Waals surface area contributed by atoms with Crippen LogP contribution in [0.5, 0.6) is 0 Å². The van der Waals surface area contributed by atoms with Crippen molar-refractivity contribution in [1.82, 2.24) is 14.7 Å². The van der Waals surface area contributed by atoms with Crippen LogP contribution in [-0.2, 0) is 5.41 Å². The molecule has 39 heavy (non-hydrogen) atoms. The summed E-state index contributed by atoms with van der Waals surface area (Å²) in [5.41, 5.74) is 6.45. The number of amides is 1. The number of nitriles is 1. The van der Waals surface area contributed by atoms with Crippen LogP contribution in [0.1, 0.15) is 38.5 Å². The second kappa shape index (κ2) is 8.64. The summed E-state index contributed by atoms with van der Waals surface area (Å²) in [5.74, 6) is 0.360. The molecule has 0 spiro atoms. The Morgan fingerprint density at radius 1 is 1.03 bits per heavy atom. The van der Waals surface area contributed by atoms with E-state index in [0.29, 0.717) is 36.1 Å². The fourth-order valence-corrected chi connectivity index (χ4v) is 6.76. The van der Waals surface area contributed by atoms with E-state index in [4.69, 9.17) is 5.26 Å². The van der Waals surface area contributed by atoms with E-state index in [1.165, 1.54) is 23.3 Å². The minimum absolute atomic E-state index is 0.000682. The lowest BCUT2D eigenvalue weighted by atomic mass is 9.86. The number of aromatic nitrogens is 2. The van der Waals surface area contributed by atoms with Crippen LogP contribution in [0.4, 0.5) is 4.39 Å². The largest absolute Gasteiger partial charge is 0.337 e. The highest BCUT2D eigenvalue weighted by Gasteiger charge is 2.70. The zero-order valence-corrected chi connectivity index (χ0v) is 21.4. The Kier molecular flexibility index (Phi) is 5.18. The molecule has 0 bridgehead atoms. The Morgan fingerprint density at radius 2 is 1.77 bits per heavy atom. The summed E-state index contributed by atoms with van der Waals surface area (Å²) in [6, 6.07) is 30.3. The Labute approximate surface area is 225 Å². The minimum Gasteiger partial charge on any atom is -0.337 e. The van der Waals surface area contributed by atoms with Gasteiger partial charge in [-0.25, -0.2) is 9.07 Å². The van der Waals surface area contributed by atoms with Crippen molar-refractivity contribution in [3.8, 4) is 11.8 Å². The summed E-state index contributed by atoms with van der Waals surface area (Å²) in [5, 5.41) is 14.8. The van der Waals surface area contributed by atoms with Crippen molar-refractivity contribution in [1.29, 1.82) is 5.26 Å². The van der Waals surface area contributed by atoms with E-state index in [1.54, 1.807) is 36.4 Å². The molecule has 1 saturated carbocycles. The van der Waals surface area contributed by atoms with Gasteiger partial charge in [-0.1, -0.05) is 30.3 Å². The van der Waals surface area contributed by atoms with Crippen molar-refractivity contribution in [3.05, 3.63) is 131 Å². The van der Waals surface area contributed by atoms with Gasteiger partial charge < -0.3 is 4.90 Å². The number of nitrogens with zero attached hydrogens (tertiary/aromatic N) is 4. The average molecular weight is 513 g/mol. The predicted octanol–water partition coefficient (Wildman–Crippen LogP) is 6.15. The second-order valence-corrected chi connectivity index (χ2v) is 10.7. The monoisotopic (exact) mass is 512 g/mol. The van der Waals surface area contributed by atoms with Crippen LogP contribution in [0.3, 0.4) is 0 Å². The van der Waals surface area contributed by atoms with Gasteiger partial charge >= 0.3 is 0 Å². The molecule has 6 heteroatoms. The molecule has 1 aliphatic carbocycles. The standard InChI is InChI=1S/C33H25FN4O/c1-21-15-30-25(18-36-38(30)27-13-11-26(34)12-14-27)16-28(21)33-20-37(32(39)24-9-7-22(17-35)8-10-24)19-29(33)31(33)23-5-3-2-4-6-23/h2-16,18,29,31H,19-20H2,1H3/t29-,31-,33+/m1/s1. The first kappa shape index (κ1) is 23.4. The maximum atomic E-state index is 13.5. The number of likely N-dealkylation sites (tertiary alicyclic amines) is 1. The van der Waals surface area contributed by atoms with E-state index >= 15 is 0 Å². The molecule has 2 fully saturated rings. The first-order chi connectivity index (χ1) is 19.0. The quantitative estimate of drug-likeness (QED) is 0.290. The minimum atomic E-state index is -0.277. The van der Waals surface area contributed by atoms with Crippen molar-refractivity contribution in [3.63, 3.8) is 0 Å². The first-order valence-electron chi connectivity index (χ1n) is 13.1. The predicted molar refractivity (Wildman–Crippen MR) is 147 cm³/mol. The van der Waals surface area contributed by atoms with E-state index < -0.39 is 0 Å². The number of benzene rings is 4. The first-order valence-corrected chi connectivity index (χ1v) is 13.1. The number of hydrogen-bond donors (Lipinski definition) is 0. The van der Waals surface area contributed by atoms with Crippen LogP contribution in [-0.4, -0.2) is 33.7 Å². The molecule has 2 aliphatic rings. The van der Waals surface area contributed by atoms with E-state index in [2.05, 4.69) is 54.5 Å². The molecule has 2 heterocycles. The lowest BCUT2D eigenvalue weighted by Crippen LogP contribution is -2.34. The van der Waals surface area contributed by atoms with Crippen LogP contribution in [0, 0.1) is 30.0 Å². The molecule has 5 nitrogen and oxygen atoms in total. The zero-order chi connectivity index (χ0) is 26.7. The molecule has 1 aromatic heterocycles. The van der Waals surface area contributed by atoms with E-state index in [0.717, 1.165) is 22.2 Å². The molecule has 7 rings (SSSR count). The van der Waals surface area contributed by atoms with Crippen LogP contribution in [0.15, 0.2) is 97.2 Å². The van der Waals surface area contributed by atoms with Gasteiger partial charge in [-0.05, 0) is 90.2 Å². The molecule has 4 aromatic carbocycles. The Morgan fingerprint density at radius 3 is 2.49 bits per heavy atom. The number of aryl methyl sites for hydroxylation is 1. The molecule has 3 atom stereocenters. The maximum Gasteiger partial charge on any atom is 0.253 e. The fourth-order valence-electron chi connectivity index (χ4n) is 6.76. The number of hydrogen-bond acceptors (Lipinski definition) is 3. The molecule has 1 amide bonds. The van der Waals surface area contributed by atoms with Gasteiger partial charge in [0.05, 0.1) is 29.0 Å². The molecule has 0 N–H and O–H groups in total. The second-order valence-electron chi connectivity index (χ2n) is 10.7. The summed E-state index contributed by atoms with van der Waals surface area (Å²) in [7, 11) is 0. The molecular weight excluding hydrogens is 487 g/mol.